The molecule has 0 aromatic rings. The lowest BCUT2D eigenvalue weighted by Gasteiger charge is -2.44. The zero-order valence-electron chi connectivity index (χ0n) is 8.94. The maximum absolute atomic E-state index is 11.8. The van der Waals surface area contributed by atoms with Crippen LogP contribution in [0, 0.1) is 5.92 Å². The first kappa shape index (κ1) is 11.4. The van der Waals surface area contributed by atoms with Crippen LogP contribution in [-0.2, 0) is 9.53 Å². The number of carbonyl (C=O) groups excluding carboxylic acids is 1. The Bertz CT molecular complexity index is 346. The number of hydrogen-bond acceptors (Lipinski definition) is 5. The van der Waals surface area contributed by atoms with E-state index in [2.05, 4.69) is 0 Å². The van der Waals surface area contributed by atoms with E-state index >= 15 is 0 Å². The normalized spacial score (nSPS) is 51.3. The van der Waals surface area contributed by atoms with Gasteiger partial charge in [-0.1, -0.05) is 19.1 Å². The first-order valence-corrected chi connectivity index (χ1v) is 6.25. The van der Waals surface area contributed by atoms with Crippen molar-refractivity contribution < 1.29 is 14.6 Å². The van der Waals surface area contributed by atoms with E-state index in [9.17, 15) is 9.90 Å². The van der Waals surface area contributed by atoms with Gasteiger partial charge in [0, 0.05) is 5.92 Å². The Morgan fingerprint density at radius 1 is 1.73 bits per heavy atom. The van der Waals surface area contributed by atoms with Crippen molar-refractivity contribution in [3.8, 4) is 0 Å². The molecule has 0 radical (unpaired) electrons. The van der Waals surface area contributed by atoms with Crippen molar-refractivity contribution in [2.45, 2.75) is 35.9 Å². The van der Waals surface area contributed by atoms with E-state index in [1.54, 1.807) is 12.3 Å². The summed E-state index contributed by atoms with van der Waals surface area (Å²) in [5.41, 5.74) is -1.00. The van der Waals surface area contributed by atoms with Crippen LogP contribution in [-0.4, -0.2) is 38.1 Å². The standard InChI is InChI=1S/C10H14O3S2/c1-4-13-7(11)9-6(2)10(9,12)8(3,5-14)15-9/h5-6,12H,4H2,1-3H3/t6?,8?,9?,10-/m1/s1. The van der Waals surface area contributed by atoms with E-state index in [1.165, 1.54) is 11.8 Å². The molecule has 2 aliphatic rings. The van der Waals surface area contributed by atoms with Gasteiger partial charge in [-0.25, -0.2) is 0 Å². The molecule has 2 rings (SSSR count). The van der Waals surface area contributed by atoms with Gasteiger partial charge < -0.3 is 9.84 Å². The van der Waals surface area contributed by atoms with Crippen molar-refractivity contribution >= 4 is 35.3 Å². The fourth-order valence-corrected chi connectivity index (χ4v) is 5.02. The highest BCUT2D eigenvalue weighted by Crippen LogP contribution is 2.81. The van der Waals surface area contributed by atoms with Crippen LogP contribution in [0.2, 0.25) is 0 Å². The number of ether oxygens (including phenoxy) is 1. The van der Waals surface area contributed by atoms with Crippen molar-refractivity contribution in [1.29, 1.82) is 0 Å². The third-order valence-electron chi connectivity index (χ3n) is 3.65. The summed E-state index contributed by atoms with van der Waals surface area (Å²) in [4.78, 5) is 11.8. The van der Waals surface area contributed by atoms with E-state index in [0.29, 0.717) is 6.61 Å². The van der Waals surface area contributed by atoms with Gasteiger partial charge in [0.15, 0.2) is 4.75 Å². The van der Waals surface area contributed by atoms with Gasteiger partial charge >= 0.3 is 5.97 Å². The molecule has 4 atom stereocenters. The van der Waals surface area contributed by atoms with Gasteiger partial charge in [-0.15, -0.1) is 11.8 Å². The molecule has 84 valence electrons. The summed E-state index contributed by atoms with van der Waals surface area (Å²) < 4.78 is 3.75. The number of rotatable bonds is 3. The minimum absolute atomic E-state index is 0.0850. The number of esters is 1. The number of aliphatic hydroxyl groups is 1. The summed E-state index contributed by atoms with van der Waals surface area (Å²) in [7, 11) is 0. The fraction of sp³-hybridized carbons (Fsp3) is 0.800. The summed E-state index contributed by atoms with van der Waals surface area (Å²) in [6.45, 7) is 5.85. The zero-order chi connectivity index (χ0) is 11.5. The van der Waals surface area contributed by atoms with E-state index in [4.69, 9.17) is 17.0 Å². The number of fused-ring (bicyclic) bond motifs is 1. The molecule has 3 nitrogen and oxygen atoms in total. The second kappa shape index (κ2) is 2.96. The van der Waals surface area contributed by atoms with Gasteiger partial charge in [-0.3, -0.25) is 4.79 Å². The van der Waals surface area contributed by atoms with Gasteiger partial charge in [0.1, 0.15) is 5.60 Å². The summed E-state index contributed by atoms with van der Waals surface area (Å²) in [6, 6.07) is 0. The largest absolute Gasteiger partial charge is 0.465 e. The Morgan fingerprint density at radius 3 is 2.73 bits per heavy atom. The molecule has 1 N–H and O–H groups in total. The second-order valence-electron chi connectivity index (χ2n) is 4.27. The predicted octanol–water partition coefficient (Wildman–Crippen LogP) is 1.17. The van der Waals surface area contributed by atoms with Gasteiger partial charge in [-0.2, -0.15) is 0 Å². The molecule has 0 amide bonds. The summed E-state index contributed by atoms with van der Waals surface area (Å²) >= 11 is 6.33. The molecule has 0 aromatic carbocycles. The van der Waals surface area contributed by atoms with E-state index in [1.807, 2.05) is 13.8 Å². The Kier molecular flexibility index (Phi) is 2.24. The highest BCUT2D eigenvalue weighted by Gasteiger charge is 2.94. The Labute approximate surface area is 98.6 Å². The smallest absolute Gasteiger partial charge is 0.325 e. The van der Waals surface area contributed by atoms with E-state index in [-0.39, 0.29) is 11.9 Å². The van der Waals surface area contributed by atoms with Crippen molar-refractivity contribution in [2.24, 2.45) is 5.92 Å². The second-order valence-corrected chi connectivity index (χ2v) is 6.20. The molecular formula is C10H14O3S2. The third kappa shape index (κ3) is 0.929. The van der Waals surface area contributed by atoms with Crippen molar-refractivity contribution in [3.63, 3.8) is 0 Å². The molecule has 15 heavy (non-hydrogen) atoms. The summed E-state index contributed by atoms with van der Waals surface area (Å²) in [5.74, 6) is -0.391. The van der Waals surface area contributed by atoms with Crippen molar-refractivity contribution in [2.75, 3.05) is 6.61 Å². The average molecular weight is 246 g/mol. The summed E-state index contributed by atoms with van der Waals surface area (Å²) in [5, 5.41) is 12.0. The minimum Gasteiger partial charge on any atom is -0.465 e. The predicted molar refractivity (Wildman–Crippen MR) is 63.1 cm³/mol. The van der Waals surface area contributed by atoms with E-state index < -0.39 is 15.1 Å². The Balaban J connectivity index is 2.25. The number of hydrogen-bond donors (Lipinski definition) is 1. The Morgan fingerprint density at radius 2 is 2.33 bits per heavy atom. The molecule has 1 heterocycles. The highest BCUT2D eigenvalue weighted by molar-refractivity contribution is 8.06. The van der Waals surface area contributed by atoms with Gasteiger partial charge in [-0.05, 0) is 19.2 Å². The van der Waals surface area contributed by atoms with Crippen LogP contribution in [0.5, 0.6) is 0 Å². The van der Waals surface area contributed by atoms with Crippen LogP contribution in [0.3, 0.4) is 0 Å². The topological polar surface area (TPSA) is 46.5 Å². The first-order valence-electron chi connectivity index (χ1n) is 4.96. The van der Waals surface area contributed by atoms with Crippen LogP contribution in [0.25, 0.3) is 0 Å². The van der Waals surface area contributed by atoms with Gasteiger partial charge in [0.05, 0.1) is 11.4 Å². The zero-order valence-corrected chi connectivity index (χ0v) is 10.6. The molecular weight excluding hydrogens is 232 g/mol. The molecule has 1 aliphatic heterocycles. The number of carbonyl (C=O) groups is 1. The quantitative estimate of drug-likeness (QED) is 0.598. The van der Waals surface area contributed by atoms with Crippen LogP contribution in [0.15, 0.2) is 0 Å². The molecule has 5 heteroatoms. The molecule has 3 unspecified atom stereocenters. The molecule has 2 fully saturated rings. The van der Waals surface area contributed by atoms with Crippen LogP contribution in [0.4, 0.5) is 0 Å². The maximum Gasteiger partial charge on any atom is 0.325 e. The maximum atomic E-state index is 11.8. The molecule has 1 aliphatic carbocycles. The lowest BCUT2D eigenvalue weighted by molar-refractivity contribution is -0.145. The third-order valence-corrected chi connectivity index (χ3v) is 6.28. The molecule has 0 bridgehead atoms. The van der Waals surface area contributed by atoms with Gasteiger partial charge in [0.25, 0.3) is 0 Å². The number of thiocarbonyl (C=S) groups is 1. The lowest BCUT2D eigenvalue weighted by Crippen LogP contribution is -2.59. The van der Waals surface area contributed by atoms with Crippen molar-refractivity contribution in [3.05, 3.63) is 0 Å². The summed E-state index contributed by atoms with van der Waals surface area (Å²) in [6.07, 6.45) is 0. The van der Waals surface area contributed by atoms with Crippen LogP contribution in [0.1, 0.15) is 20.8 Å². The lowest BCUT2D eigenvalue weighted by atomic mass is 9.98. The monoisotopic (exact) mass is 246 g/mol. The molecule has 0 aromatic heterocycles. The first-order chi connectivity index (χ1) is 6.90. The Hall–Kier alpha value is -0.130. The number of thioether (sulfide) groups is 1. The van der Waals surface area contributed by atoms with Crippen LogP contribution >= 0.6 is 24.0 Å². The van der Waals surface area contributed by atoms with Crippen LogP contribution < -0.4 is 0 Å². The SMILES string of the molecule is CCOC(=O)C12SC(C)(C=S)[C@]1(O)C2C. The van der Waals surface area contributed by atoms with Crippen molar-refractivity contribution in [1.82, 2.24) is 0 Å². The minimum atomic E-state index is -1.00. The van der Waals surface area contributed by atoms with E-state index in [0.717, 1.165) is 0 Å². The average Bonchev–Trinajstić information content (AvgIpc) is 2.62. The molecule has 1 saturated carbocycles. The van der Waals surface area contributed by atoms with Gasteiger partial charge in [0.2, 0.25) is 0 Å². The molecule has 1 saturated heterocycles. The fourth-order valence-electron chi connectivity index (χ4n) is 2.67. The molecule has 0 spiro atoms. The highest BCUT2D eigenvalue weighted by atomic mass is 32.2.